The highest BCUT2D eigenvalue weighted by molar-refractivity contribution is 7.99. The maximum atomic E-state index is 9.15. The second-order valence-electron chi connectivity index (χ2n) is 6.84. The lowest BCUT2D eigenvalue weighted by Crippen LogP contribution is -1.93. The molecule has 0 aliphatic carbocycles. The second-order valence-corrected chi connectivity index (χ2v) is 7.95. The van der Waals surface area contributed by atoms with Gasteiger partial charge in [-0.15, -0.1) is 5.73 Å². The fourth-order valence-corrected chi connectivity index (χ4v) is 3.90. The molecule has 0 rings (SSSR count). The average Bonchev–Trinajstić information content (AvgIpc) is 2.60. The Kier molecular flexibility index (Phi) is 20.7. The molecule has 0 aromatic heterocycles. The topological polar surface area (TPSA) is 20.2 Å². The predicted octanol–water partition coefficient (Wildman–Crippen LogP) is 7.29. The van der Waals surface area contributed by atoms with Crippen molar-refractivity contribution in [2.75, 3.05) is 18.1 Å². The first-order valence-corrected chi connectivity index (χ1v) is 11.6. The molecule has 0 saturated carbocycles. The molecular weight excluding hydrogens is 312 g/mol. The first-order valence-electron chi connectivity index (χ1n) is 10.4. The first-order chi connectivity index (χ1) is 11.8. The Morgan fingerprint density at radius 1 is 0.792 bits per heavy atom. The molecule has 0 amide bonds. The maximum Gasteiger partial charge on any atom is 0.0724 e. The van der Waals surface area contributed by atoms with E-state index in [-0.39, 0.29) is 6.61 Å². The smallest absolute Gasteiger partial charge is 0.0724 e. The third-order valence-electron chi connectivity index (χ3n) is 4.46. The Labute approximate surface area is 156 Å². The van der Waals surface area contributed by atoms with Crippen LogP contribution in [0.15, 0.2) is 17.4 Å². The highest BCUT2D eigenvalue weighted by Crippen LogP contribution is 2.14. The van der Waals surface area contributed by atoms with E-state index >= 15 is 0 Å². The van der Waals surface area contributed by atoms with Gasteiger partial charge in [0, 0.05) is 11.3 Å². The normalized spacial score (nSPS) is 10.6. The summed E-state index contributed by atoms with van der Waals surface area (Å²) in [5, 5.41) is 9.15. The summed E-state index contributed by atoms with van der Waals surface area (Å²) in [6.45, 7) is 4.39. The van der Waals surface area contributed by atoms with E-state index in [1.807, 2.05) is 24.8 Å². The van der Waals surface area contributed by atoms with Crippen LogP contribution >= 0.6 is 11.8 Å². The first kappa shape index (κ1) is 23.8. The van der Waals surface area contributed by atoms with Crippen molar-refractivity contribution in [3.63, 3.8) is 0 Å². The number of thioether (sulfide) groups is 1. The zero-order chi connectivity index (χ0) is 17.7. The lowest BCUT2D eigenvalue weighted by Gasteiger charge is -2.04. The molecule has 0 aromatic carbocycles. The van der Waals surface area contributed by atoms with Gasteiger partial charge in [0.2, 0.25) is 0 Å². The highest BCUT2D eigenvalue weighted by Gasteiger charge is 1.96. The molecular formula is C22H42OS. The van der Waals surface area contributed by atoms with Gasteiger partial charge in [-0.2, -0.15) is 11.8 Å². The number of aliphatic hydroxyl groups is 1. The van der Waals surface area contributed by atoms with E-state index in [0.717, 1.165) is 11.3 Å². The van der Waals surface area contributed by atoms with Crippen LogP contribution in [0.2, 0.25) is 0 Å². The molecule has 1 nitrogen and oxygen atoms in total. The second kappa shape index (κ2) is 20.9. The molecule has 0 unspecified atom stereocenters. The largest absolute Gasteiger partial charge is 0.391 e. The molecule has 0 atom stereocenters. The van der Waals surface area contributed by atoms with E-state index in [2.05, 4.69) is 12.7 Å². The van der Waals surface area contributed by atoms with Gasteiger partial charge in [0.1, 0.15) is 0 Å². The van der Waals surface area contributed by atoms with Crippen molar-refractivity contribution in [3.8, 4) is 0 Å². The summed E-state index contributed by atoms with van der Waals surface area (Å²) >= 11 is 1.93. The van der Waals surface area contributed by atoms with Crippen molar-refractivity contribution in [1.29, 1.82) is 0 Å². The molecule has 0 bridgehead atoms. The summed E-state index contributed by atoms with van der Waals surface area (Å²) in [5.41, 5.74) is 4.13. The molecule has 0 aliphatic heterocycles. The van der Waals surface area contributed by atoms with Gasteiger partial charge in [-0.1, -0.05) is 90.4 Å². The van der Waals surface area contributed by atoms with Gasteiger partial charge in [0.25, 0.3) is 0 Å². The fourth-order valence-electron chi connectivity index (χ4n) is 2.93. The Morgan fingerprint density at radius 3 is 1.67 bits per heavy atom. The van der Waals surface area contributed by atoms with Crippen LogP contribution in [0, 0.1) is 0 Å². The minimum Gasteiger partial charge on any atom is -0.391 e. The Morgan fingerprint density at radius 2 is 1.25 bits per heavy atom. The SMILES string of the molecule is CC=C=C(CO)CSCCCCCCCCCCCCCCCC. The van der Waals surface area contributed by atoms with Crippen LogP contribution < -0.4 is 0 Å². The fraction of sp³-hybridized carbons (Fsp3) is 0.864. The van der Waals surface area contributed by atoms with Gasteiger partial charge in [0.15, 0.2) is 0 Å². The molecule has 0 radical (unpaired) electrons. The van der Waals surface area contributed by atoms with E-state index in [0.29, 0.717) is 0 Å². The van der Waals surface area contributed by atoms with E-state index in [1.165, 1.54) is 95.6 Å². The quantitative estimate of drug-likeness (QED) is 0.206. The number of rotatable bonds is 18. The highest BCUT2D eigenvalue weighted by atomic mass is 32.2. The van der Waals surface area contributed by atoms with Crippen LogP contribution in [0.5, 0.6) is 0 Å². The molecule has 0 heterocycles. The van der Waals surface area contributed by atoms with Gasteiger partial charge in [-0.3, -0.25) is 0 Å². The minimum absolute atomic E-state index is 0.149. The van der Waals surface area contributed by atoms with Crippen LogP contribution in [0.4, 0.5) is 0 Å². The maximum absolute atomic E-state index is 9.15. The minimum atomic E-state index is 0.149. The third-order valence-corrected chi connectivity index (χ3v) is 5.59. The summed E-state index contributed by atoms with van der Waals surface area (Å²) in [6.07, 6.45) is 21.8. The Hall–Kier alpha value is -0.170. The monoisotopic (exact) mass is 354 g/mol. The number of aliphatic hydroxyl groups excluding tert-OH is 1. The van der Waals surface area contributed by atoms with Crippen LogP contribution in [0.1, 0.15) is 104 Å². The van der Waals surface area contributed by atoms with Crippen molar-refractivity contribution >= 4 is 11.8 Å². The molecule has 24 heavy (non-hydrogen) atoms. The predicted molar refractivity (Wildman–Crippen MR) is 112 cm³/mol. The van der Waals surface area contributed by atoms with E-state index in [4.69, 9.17) is 5.11 Å². The Bertz CT molecular complexity index is 305. The standard InChI is InChI=1S/C22H42OS/c1-3-5-6-7-8-9-10-11-12-13-14-15-16-17-19-24-21-22(20-23)18-4-2/h4,23H,3,5-17,19-21H2,1-2H3. The molecule has 0 saturated heterocycles. The van der Waals surface area contributed by atoms with Crippen LogP contribution in [0.3, 0.4) is 0 Å². The summed E-state index contributed by atoms with van der Waals surface area (Å²) in [7, 11) is 0. The van der Waals surface area contributed by atoms with Crippen molar-refractivity contribution in [1.82, 2.24) is 0 Å². The molecule has 2 heteroatoms. The van der Waals surface area contributed by atoms with Crippen LogP contribution in [0.25, 0.3) is 0 Å². The third kappa shape index (κ3) is 18.2. The average molecular weight is 355 g/mol. The van der Waals surface area contributed by atoms with Crippen LogP contribution in [-0.2, 0) is 0 Å². The van der Waals surface area contributed by atoms with E-state index < -0.39 is 0 Å². The van der Waals surface area contributed by atoms with Gasteiger partial charge >= 0.3 is 0 Å². The number of unbranched alkanes of at least 4 members (excludes halogenated alkanes) is 13. The van der Waals surface area contributed by atoms with Crippen LogP contribution in [-0.4, -0.2) is 23.2 Å². The number of hydrogen-bond acceptors (Lipinski definition) is 2. The molecule has 0 aliphatic rings. The summed E-state index contributed by atoms with van der Waals surface area (Å²) in [6, 6.07) is 0. The van der Waals surface area contributed by atoms with Gasteiger partial charge in [-0.05, 0) is 25.2 Å². The Balaban J connectivity index is 3.14. The van der Waals surface area contributed by atoms with Crippen molar-refractivity contribution < 1.29 is 5.11 Å². The molecule has 0 spiro atoms. The lowest BCUT2D eigenvalue weighted by molar-refractivity contribution is 0.332. The van der Waals surface area contributed by atoms with Crippen molar-refractivity contribution in [2.24, 2.45) is 0 Å². The molecule has 142 valence electrons. The lowest BCUT2D eigenvalue weighted by atomic mass is 10.0. The molecule has 1 N–H and O–H groups in total. The number of hydrogen-bond donors (Lipinski definition) is 1. The summed E-state index contributed by atoms with van der Waals surface area (Å²) in [4.78, 5) is 0. The zero-order valence-corrected chi connectivity index (χ0v) is 17.3. The summed E-state index contributed by atoms with van der Waals surface area (Å²) < 4.78 is 0. The van der Waals surface area contributed by atoms with Crippen molar-refractivity contribution in [3.05, 3.63) is 17.4 Å². The zero-order valence-electron chi connectivity index (χ0n) is 16.5. The van der Waals surface area contributed by atoms with Crippen molar-refractivity contribution in [2.45, 2.75) is 104 Å². The van der Waals surface area contributed by atoms with Gasteiger partial charge in [-0.25, -0.2) is 0 Å². The molecule has 0 aromatic rings. The van der Waals surface area contributed by atoms with Gasteiger partial charge in [0.05, 0.1) is 6.61 Å². The van der Waals surface area contributed by atoms with Gasteiger partial charge < -0.3 is 5.11 Å². The van der Waals surface area contributed by atoms with E-state index in [1.54, 1.807) is 0 Å². The van der Waals surface area contributed by atoms with E-state index in [9.17, 15) is 0 Å². The summed E-state index contributed by atoms with van der Waals surface area (Å²) in [5.74, 6) is 2.15. The molecule has 0 fully saturated rings.